The molecule has 6 aromatic rings. The predicted octanol–water partition coefficient (Wildman–Crippen LogP) is 5.08. The summed E-state index contributed by atoms with van der Waals surface area (Å²) in [4.78, 5) is 51.6. The lowest BCUT2D eigenvalue weighted by Gasteiger charge is -2.35. The van der Waals surface area contributed by atoms with E-state index in [1.807, 2.05) is 65.6 Å². The summed E-state index contributed by atoms with van der Waals surface area (Å²) in [7, 11) is 1.59. The Labute approximate surface area is 298 Å². The topological polar surface area (TPSA) is 132 Å². The molecule has 5 heterocycles. The van der Waals surface area contributed by atoms with Crippen LogP contribution in [0.1, 0.15) is 28.9 Å². The Morgan fingerprint density at radius 1 is 0.904 bits per heavy atom. The van der Waals surface area contributed by atoms with Crippen LogP contribution in [0.5, 0.6) is 5.75 Å². The number of aryl methyl sites for hydroxylation is 1. The van der Waals surface area contributed by atoms with E-state index < -0.39 is 5.82 Å². The van der Waals surface area contributed by atoms with Crippen LogP contribution in [0.25, 0.3) is 38.5 Å². The van der Waals surface area contributed by atoms with Gasteiger partial charge < -0.3 is 29.4 Å². The molecule has 0 aliphatic carbocycles. The highest BCUT2D eigenvalue weighted by Crippen LogP contribution is 2.40. The standard InChI is InChI=1S/C39H37FN8O4/c1-52-34-11-5-3-9-27(34)29-22-28(26-8-6-14-47(24-26)35(49)12-15-48-16-13-41-44-48)36(40)37-30(29)23-32(42-37)39(51)46-19-17-45(18-20-46)33-21-25-7-2-4-10-31(25)43-38(33)50/h2-5,7-11,13,16,21-23,42H,6,12,14-15,17-20,24H2,1H3,(H,43,50). The van der Waals surface area contributed by atoms with Crippen molar-refractivity contribution < 1.29 is 18.7 Å². The van der Waals surface area contributed by atoms with Crippen molar-refractivity contribution in [1.82, 2.24) is 34.8 Å². The molecule has 3 aromatic carbocycles. The number of benzene rings is 3. The van der Waals surface area contributed by atoms with Gasteiger partial charge in [-0.15, -0.1) is 5.10 Å². The van der Waals surface area contributed by atoms with Crippen molar-refractivity contribution in [1.29, 1.82) is 0 Å². The zero-order valence-corrected chi connectivity index (χ0v) is 28.6. The first-order chi connectivity index (χ1) is 25.4. The Morgan fingerprint density at radius 2 is 1.71 bits per heavy atom. The lowest BCUT2D eigenvalue weighted by molar-refractivity contribution is -0.131. The Morgan fingerprint density at radius 3 is 2.52 bits per heavy atom. The third kappa shape index (κ3) is 6.18. The van der Waals surface area contributed by atoms with Crippen molar-refractivity contribution in [3.8, 4) is 16.9 Å². The number of H-pyrrole nitrogens is 2. The van der Waals surface area contributed by atoms with Gasteiger partial charge in [0, 0.05) is 79.3 Å². The van der Waals surface area contributed by atoms with Crippen LogP contribution in [0.2, 0.25) is 0 Å². The number of fused-ring (bicyclic) bond motifs is 2. The van der Waals surface area contributed by atoms with Crippen molar-refractivity contribution in [2.24, 2.45) is 0 Å². The minimum atomic E-state index is -0.490. The number of ether oxygens (including phenoxy) is 1. The van der Waals surface area contributed by atoms with Gasteiger partial charge in [-0.05, 0) is 47.9 Å². The Hall–Kier alpha value is -6.24. The second-order valence-electron chi connectivity index (χ2n) is 13.1. The number of carbonyl (C=O) groups is 2. The third-order valence-corrected chi connectivity index (χ3v) is 10.00. The molecule has 1 saturated heterocycles. The second-order valence-corrected chi connectivity index (χ2v) is 13.1. The summed E-state index contributed by atoms with van der Waals surface area (Å²) in [5.41, 5.74) is 4.15. The number of piperazine rings is 1. The van der Waals surface area contributed by atoms with Crippen LogP contribution in [0.3, 0.4) is 0 Å². The number of amides is 2. The van der Waals surface area contributed by atoms with E-state index in [0.29, 0.717) is 79.2 Å². The maximum absolute atomic E-state index is 16.7. The third-order valence-electron chi connectivity index (χ3n) is 10.00. The zero-order valence-electron chi connectivity index (χ0n) is 28.6. The molecule has 2 amide bonds. The van der Waals surface area contributed by atoms with Gasteiger partial charge in [0.2, 0.25) is 5.91 Å². The molecular weight excluding hydrogens is 663 g/mol. The van der Waals surface area contributed by atoms with Gasteiger partial charge in [0.1, 0.15) is 17.1 Å². The average molecular weight is 701 g/mol. The van der Waals surface area contributed by atoms with E-state index >= 15 is 4.39 Å². The fourth-order valence-electron chi connectivity index (χ4n) is 7.26. The average Bonchev–Trinajstić information content (AvgIpc) is 3.88. The molecule has 52 heavy (non-hydrogen) atoms. The molecule has 2 N–H and O–H groups in total. The van der Waals surface area contributed by atoms with E-state index in [1.54, 1.807) is 46.1 Å². The van der Waals surface area contributed by atoms with Gasteiger partial charge >= 0.3 is 0 Å². The number of rotatable bonds is 8. The van der Waals surface area contributed by atoms with Gasteiger partial charge in [-0.25, -0.2) is 4.39 Å². The van der Waals surface area contributed by atoms with Gasteiger partial charge in [-0.2, -0.15) is 0 Å². The molecule has 2 aliphatic rings. The number of nitrogens with zero attached hydrogens (tertiary/aromatic N) is 6. The number of nitrogens with one attached hydrogen (secondary N) is 2. The van der Waals surface area contributed by atoms with Crippen LogP contribution >= 0.6 is 0 Å². The lowest BCUT2D eigenvalue weighted by atomic mass is 9.93. The molecule has 0 unspecified atom stereocenters. The molecule has 1 fully saturated rings. The van der Waals surface area contributed by atoms with Gasteiger partial charge in [-0.1, -0.05) is 47.7 Å². The van der Waals surface area contributed by atoms with Crippen molar-refractivity contribution in [3.05, 3.63) is 113 Å². The molecular formula is C39H37FN8O4. The highest BCUT2D eigenvalue weighted by molar-refractivity contribution is 6.05. The number of hydrogen-bond acceptors (Lipinski definition) is 7. The van der Waals surface area contributed by atoms with Crippen LogP contribution in [0, 0.1) is 5.82 Å². The van der Waals surface area contributed by atoms with Gasteiger partial charge in [-0.3, -0.25) is 19.1 Å². The van der Waals surface area contributed by atoms with Gasteiger partial charge in [0.05, 0.1) is 25.4 Å². The van der Waals surface area contributed by atoms with E-state index in [4.69, 9.17) is 4.74 Å². The number of methoxy groups -OCH3 is 1. The second kappa shape index (κ2) is 13.8. The monoisotopic (exact) mass is 700 g/mol. The Balaban J connectivity index is 1.08. The molecule has 0 bridgehead atoms. The maximum Gasteiger partial charge on any atom is 0.271 e. The Kier molecular flexibility index (Phi) is 8.75. The number of halogens is 1. The first-order valence-electron chi connectivity index (χ1n) is 17.3. The molecule has 264 valence electrons. The summed E-state index contributed by atoms with van der Waals surface area (Å²) in [5.74, 6) is -0.184. The van der Waals surface area contributed by atoms with E-state index in [-0.39, 0.29) is 41.5 Å². The zero-order chi connectivity index (χ0) is 35.8. The minimum absolute atomic E-state index is 0.0504. The molecule has 2 aliphatic heterocycles. The van der Waals surface area contributed by atoms with E-state index in [0.717, 1.165) is 16.5 Å². The van der Waals surface area contributed by atoms with Crippen LogP contribution in [0.15, 0.2) is 90.0 Å². The molecule has 0 saturated carbocycles. The largest absolute Gasteiger partial charge is 0.496 e. The molecule has 0 atom stereocenters. The molecule has 0 spiro atoms. The van der Waals surface area contributed by atoms with E-state index in [1.165, 1.54) is 0 Å². The number of para-hydroxylation sites is 2. The van der Waals surface area contributed by atoms with E-state index in [2.05, 4.69) is 20.3 Å². The van der Waals surface area contributed by atoms with Crippen molar-refractivity contribution in [3.63, 3.8) is 0 Å². The summed E-state index contributed by atoms with van der Waals surface area (Å²) in [5, 5.41) is 9.22. The maximum atomic E-state index is 16.7. The smallest absolute Gasteiger partial charge is 0.271 e. The van der Waals surface area contributed by atoms with Crippen LogP contribution in [-0.4, -0.2) is 93.0 Å². The number of pyridine rings is 1. The highest BCUT2D eigenvalue weighted by atomic mass is 19.1. The van der Waals surface area contributed by atoms with Crippen molar-refractivity contribution in [2.75, 3.05) is 51.3 Å². The molecule has 13 heteroatoms. The lowest BCUT2D eigenvalue weighted by Crippen LogP contribution is -2.50. The Bertz CT molecular complexity index is 2390. The summed E-state index contributed by atoms with van der Waals surface area (Å²) in [6.45, 7) is 2.92. The summed E-state index contributed by atoms with van der Waals surface area (Å²) in [6.07, 6.45) is 6.09. The predicted molar refractivity (Wildman–Crippen MR) is 197 cm³/mol. The molecule has 3 aromatic heterocycles. The van der Waals surface area contributed by atoms with E-state index in [9.17, 15) is 14.4 Å². The first kappa shape index (κ1) is 32.9. The number of aromatic nitrogens is 5. The molecule has 8 rings (SSSR count). The first-order valence-corrected chi connectivity index (χ1v) is 17.3. The number of anilines is 1. The SMILES string of the molecule is COc1ccccc1-c1cc(C2=CCCN(C(=O)CCn3ccnn3)C2)c(F)c2[nH]c(C(=O)N3CCN(c4cc5ccccc5[nH]c4=O)CC3)cc12. The summed E-state index contributed by atoms with van der Waals surface area (Å²) in [6, 6.07) is 20.5. The molecule has 0 radical (unpaired) electrons. The van der Waals surface area contributed by atoms with Crippen LogP contribution < -0.4 is 15.2 Å². The number of hydrogen-bond donors (Lipinski definition) is 2. The van der Waals surface area contributed by atoms with Crippen molar-refractivity contribution >= 4 is 44.9 Å². The highest BCUT2D eigenvalue weighted by Gasteiger charge is 2.28. The van der Waals surface area contributed by atoms with Crippen LogP contribution in [-0.2, 0) is 11.3 Å². The fraction of sp³-hybridized carbons (Fsp3) is 0.256. The molecule has 12 nitrogen and oxygen atoms in total. The van der Waals surface area contributed by atoms with Gasteiger partial charge in [0.25, 0.3) is 11.5 Å². The number of aromatic amines is 2. The summed E-state index contributed by atoms with van der Waals surface area (Å²) < 4.78 is 24.0. The number of carbonyl (C=O) groups excluding carboxylic acids is 2. The van der Waals surface area contributed by atoms with Gasteiger partial charge in [0.15, 0.2) is 5.82 Å². The van der Waals surface area contributed by atoms with Crippen molar-refractivity contribution in [2.45, 2.75) is 19.4 Å². The fourth-order valence-corrected chi connectivity index (χ4v) is 7.26. The minimum Gasteiger partial charge on any atom is -0.496 e. The van der Waals surface area contributed by atoms with Crippen LogP contribution in [0.4, 0.5) is 10.1 Å². The normalized spacial score (nSPS) is 15.0. The summed E-state index contributed by atoms with van der Waals surface area (Å²) >= 11 is 0. The quantitative estimate of drug-likeness (QED) is 0.226.